The van der Waals surface area contributed by atoms with Crippen LogP contribution < -0.4 is 9.80 Å². The summed E-state index contributed by atoms with van der Waals surface area (Å²) >= 11 is 0. The number of benzene rings is 2. The van der Waals surface area contributed by atoms with E-state index in [9.17, 15) is 8.42 Å². The second-order valence-electron chi connectivity index (χ2n) is 6.48. The average molecular weight is 331 g/mol. The second kappa shape index (κ2) is 4.96. The Balaban J connectivity index is 2.43. The van der Waals surface area contributed by atoms with Gasteiger partial charge in [0.15, 0.2) is 0 Å². The number of rotatable bonds is 1. The average Bonchev–Trinajstić information content (AvgIpc) is 2.53. The highest BCUT2D eigenvalue weighted by molar-refractivity contribution is 7.89. The van der Waals surface area contributed by atoms with Gasteiger partial charge in [-0.2, -0.15) is 0 Å². The third kappa shape index (κ3) is 2.47. The van der Waals surface area contributed by atoms with Gasteiger partial charge in [0.1, 0.15) is 5.84 Å². The number of hydrogen-bond acceptors (Lipinski definition) is 3. The SMILES string of the molecule is CN1C(=NS(C)(=O)=O)C(C)(C)N(C)c2cccc3cccc1c23. The van der Waals surface area contributed by atoms with Crippen molar-refractivity contribution in [3.8, 4) is 0 Å². The predicted molar refractivity (Wildman–Crippen MR) is 97.1 cm³/mol. The fourth-order valence-electron chi connectivity index (χ4n) is 3.17. The van der Waals surface area contributed by atoms with E-state index < -0.39 is 15.6 Å². The largest absolute Gasteiger partial charge is 0.362 e. The van der Waals surface area contributed by atoms with Gasteiger partial charge in [-0.1, -0.05) is 24.3 Å². The van der Waals surface area contributed by atoms with Crippen LogP contribution in [0.3, 0.4) is 0 Å². The molecule has 1 heterocycles. The molecule has 0 aromatic heterocycles. The van der Waals surface area contributed by atoms with Crippen LogP contribution in [0, 0.1) is 0 Å². The minimum atomic E-state index is -3.50. The number of likely N-dealkylation sites (N-methyl/N-ethyl adjacent to an activating group) is 2. The molecule has 1 aliphatic heterocycles. The lowest BCUT2D eigenvalue weighted by Crippen LogP contribution is -2.53. The molecule has 0 saturated carbocycles. The summed E-state index contributed by atoms with van der Waals surface area (Å²) in [4.78, 5) is 3.97. The van der Waals surface area contributed by atoms with Crippen molar-refractivity contribution in [1.82, 2.24) is 0 Å². The van der Waals surface area contributed by atoms with E-state index >= 15 is 0 Å². The smallest absolute Gasteiger partial charge is 0.251 e. The fourth-order valence-corrected chi connectivity index (χ4v) is 3.83. The summed E-state index contributed by atoms with van der Waals surface area (Å²) in [5.41, 5.74) is 1.44. The molecule has 0 spiro atoms. The number of anilines is 2. The van der Waals surface area contributed by atoms with Gasteiger partial charge in [0.2, 0.25) is 0 Å². The first-order valence-electron chi connectivity index (χ1n) is 7.42. The summed E-state index contributed by atoms with van der Waals surface area (Å²) in [5.74, 6) is 0.506. The molecule has 5 nitrogen and oxygen atoms in total. The molecule has 0 fully saturated rings. The summed E-state index contributed by atoms with van der Waals surface area (Å²) in [6.07, 6.45) is 1.13. The third-order valence-corrected chi connectivity index (χ3v) is 5.04. The number of amidine groups is 1. The lowest BCUT2D eigenvalue weighted by Gasteiger charge is -2.38. The molecule has 0 bridgehead atoms. The minimum absolute atomic E-state index is 0.506. The predicted octanol–water partition coefficient (Wildman–Crippen LogP) is 2.86. The molecule has 23 heavy (non-hydrogen) atoms. The molecule has 0 atom stereocenters. The first-order chi connectivity index (χ1) is 10.6. The van der Waals surface area contributed by atoms with Gasteiger partial charge in [0.05, 0.1) is 17.5 Å². The molecule has 0 amide bonds. The Morgan fingerprint density at radius 3 is 2.13 bits per heavy atom. The molecule has 0 saturated heterocycles. The molecule has 1 aliphatic rings. The second-order valence-corrected chi connectivity index (χ2v) is 8.13. The van der Waals surface area contributed by atoms with Gasteiger partial charge in [-0.25, -0.2) is 8.42 Å². The number of sulfonamides is 1. The van der Waals surface area contributed by atoms with Crippen molar-refractivity contribution in [2.45, 2.75) is 19.4 Å². The van der Waals surface area contributed by atoms with Crippen LogP contribution >= 0.6 is 0 Å². The quantitative estimate of drug-likeness (QED) is 0.806. The fraction of sp³-hybridized carbons (Fsp3) is 0.353. The maximum Gasteiger partial charge on any atom is 0.251 e. The van der Waals surface area contributed by atoms with Crippen LogP contribution in [0.2, 0.25) is 0 Å². The molecule has 0 unspecified atom stereocenters. The van der Waals surface area contributed by atoms with Crippen LogP contribution in [0.1, 0.15) is 13.8 Å². The van der Waals surface area contributed by atoms with Crippen LogP contribution in [-0.4, -0.2) is 40.1 Å². The maximum absolute atomic E-state index is 11.8. The summed E-state index contributed by atoms with van der Waals surface area (Å²) < 4.78 is 27.7. The van der Waals surface area contributed by atoms with E-state index in [4.69, 9.17) is 0 Å². The molecule has 0 N–H and O–H groups in total. The van der Waals surface area contributed by atoms with Crippen LogP contribution in [-0.2, 0) is 10.0 Å². The summed E-state index contributed by atoms with van der Waals surface area (Å²) in [6.45, 7) is 3.97. The number of nitrogens with zero attached hydrogens (tertiary/aromatic N) is 3. The van der Waals surface area contributed by atoms with Crippen molar-refractivity contribution in [2.75, 3.05) is 30.2 Å². The Hall–Kier alpha value is -2.08. The first-order valence-corrected chi connectivity index (χ1v) is 9.27. The van der Waals surface area contributed by atoms with E-state index in [0.717, 1.165) is 28.4 Å². The highest BCUT2D eigenvalue weighted by Crippen LogP contribution is 2.41. The lowest BCUT2D eigenvalue weighted by molar-refractivity contribution is 0.599. The Bertz CT molecular complexity index is 911. The Morgan fingerprint density at radius 2 is 1.57 bits per heavy atom. The minimum Gasteiger partial charge on any atom is -0.362 e. The van der Waals surface area contributed by atoms with Gasteiger partial charge in [0, 0.05) is 25.2 Å². The standard InChI is InChI=1S/C17H21N3O2S/c1-17(2)16(18-23(5,21)22)19(3)13-10-6-8-12-9-7-11-14(15(12)13)20(17)4/h6-11H,1-5H3. The van der Waals surface area contributed by atoms with E-state index in [-0.39, 0.29) is 0 Å². The van der Waals surface area contributed by atoms with Crippen LogP contribution in [0.5, 0.6) is 0 Å². The van der Waals surface area contributed by atoms with Crippen molar-refractivity contribution >= 4 is 38.0 Å². The van der Waals surface area contributed by atoms with Crippen LogP contribution in [0.25, 0.3) is 10.8 Å². The summed E-state index contributed by atoms with van der Waals surface area (Å²) in [5, 5.41) is 2.22. The third-order valence-electron chi connectivity index (χ3n) is 4.54. The van der Waals surface area contributed by atoms with Crippen molar-refractivity contribution in [1.29, 1.82) is 0 Å². The summed E-state index contributed by atoms with van der Waals surface area (Å²) in [7, 11) is 0.342. The van der Waals surface area contributed by atoms with E-state index in [1.54, 1.807) is 0 Å². The van der Waals surface area contributed by atoms with Gasteiger partial charge in [0.25, 0.3) is 10.0 Å². The Morgan fingerprint density at radius 1 is 1.00 bits per heavy atom. The monoisotopic (exact) mass is 331 g/mol. The summed E-state index contributed by atoms with van der Waals surface area (Å²) in [6, 6.07) is 12.2. The van der Waals surface area contributed by atoms with Crippen molar-refractivity contribution in [2.24, 2.45) is 4.40 Å². The van der Waals surface area contributed by atoms with E-state index in [0.29, 0.717) is 5.84 Å². The van der Waals surface area contributed by atoms with Crippen molar-refractivity contribution in [3.63, 3.8) is 0 Å². The van der Waals surface area contributed by atoms with Crippen molar-refractivity contribution < 1.29 is 8.42 Å². The topological polar surface area (TPSA) is 53.0 Å². The van der Waals surface area contributed by atoms with Gasteiger partial charge in [-0.15, -0.1) is 4.40 Å². The molecule has 2 aromatic carbocycles. The van der Waals surface area contributed by atoms with Gasteiger partial charge < -0.3 is 9.80 Å². The normalized spacial score (nSPS) is 19.3. The van der Waals surface area contributed by atoms with Gasteiger partial charge in [-0.3, -0.25) is 0 Å². The lowest BCUT2D eigenvalue weighted by atomic mass is 10.0. The Labute approximate surface area is 137 Å². The Kier molecular flexibility index (Phi) is 3.41. The molecule has 3 rings (SSSR count). The molecule has 0 radical (unpaired) electrons. The molecule has 2 aromatic rings. The highest BCUT2D eigenvalue weighted by atomic mass is 32.2. The zero-order chi connectivity index (χ0) is 17.0. The maximum atomic E-state index is 11.8. The number of hydrogen-bond donors (Lipinski definition) is 0. The van der Waals surface area contributed by atoms with Crippen LogP contribution in [0.15, 0.2) is 40.8 Å². The molecular weight excluding hydrogens is 310 g/mol. The first kappa shape index (κ1) is 15.8. The molecular formula is C17H21N3O2S. The van der Waals surface area contributed by atoms with Crippen molar-refractivity contribution in [3.05, 3.63) is 36.4 Å². The van der Waals surface area contributed by atoms with Gasteiger partial charge in [-0.05, 0) is 31.4 Å². The van der Waals surface area contributed by atoms with E-state index in [1.165, 1.54) is 0 Å². The van der Waals surface area contributed by atoms with Crippen LogP contribution in [0.4, 0.5) is 11.4 Å². The zero-order valence-corrected chi connectivity index (χ0v) is 14.8. The molecule has 0 aliphatic carbocycles. The zero-order valence-electron chi connectivity index (χ0n) is 14.0. The van der Waals surface area contributed by atoms with Gasteiger partial charge >= 0.3 is 0 Å². The van der Waals surface area contributed by atoms with E-state index in [2.05, 4.69) is 27.5 Å². The molecule has 6 heteroatoms. The molecule has 122 valence electrons. The van der Waals surface area contributed by atoms with E-state index in [1.807, 2.05) is 51.0 Å². The highest BCUT2D eigenvalue weighted by Gasteiger charge is 2.38.